The summed E-state index contributed by atoms with van der Waals surface area (Å²) >= 11 is 3.33. The van der Waals surface area contributed by atoms with E-state index in [9.17, 15) is 9.59 Å². The van der Waals surface area contributed by atoms with E-state index in [2.05, 4.69) is 31.8 Å². The van der Waals surface area contributed by atoms with Gasteiger partial charge in [-0.25, -0.2) is 5.43 Å². The fourth-order valence-corrected chi connectivity index (χ4v) is 2.59. The van der Waals surface area contributed by atoms with Crippen molar-refractivity contribution in [3.8, 4) is 11.5 Å². The van der Waals surface area contributed by atoms with Gasteiger partial charge in [0.1, 0.15) is 11.5 Å². The third-order valence-electron chi connectivity index (χ3n) is 3.52. The number of anilines is 1. The van der Waals surface area contributed by atoms with Gasteiger partial charge in [0.25, 0.3) is 0 Å². The van der Waals surface area contributed by atoms with Crippen molar-refractivity contribution < 1.29 is 19.1 Å². The molecule has 0 saturated carbocycles. The molecule has 0 unspecified atom stereocenters. The van der Waals surface area contributed by atoms with Gasteiger partial charge < -0.3 is 14.8 Å². The number of methoxy groups -OCH3 is 2. The van der Waals surface area contributed by atoms with Crippen LogP contribution in [0.1, 0.15) is 18.4 Å². The monoisotopic (exact) mass is 433 g/mol. The van der Waals surface area contributed by atoms with Crippen molar-refractivity contribution in [1.82, 2.24) is 5.43 Å². The summed E-state index contributed by atoms with van der Waals surface area (Å²) in [6.07, 6.45) is 1.53. The van der Waals surface area contributed by atoms with Crippen molar-refractivity contribution >= 4 is 39.6 Å². The van der Waals surface area contributed by atoms with Crippen LogP contribution in [0.4, 0.5) is 5.69 Å². The van der Waals surface area contributed by atoms with Crippen molar-refractivity contribution in [2.75, 3.05) is 19.5 Å². The molecule has 0 atom stereocenters. The third kappa shape index (κ3) is 6.74. The van der Waals surface area contributed by atoms with Crippen molar-refractivity contribution in [2.24, 2.45) is 5.10 Å². The fraction of sp³-hybridized carbons (Fsp3) is 0.211. The van der Waals surface area contributed by atoms with E-state index >= 15 is 0 Å². The Balaban J connectivity index is 1.82. The molecule has 0 aromatic heterocycles. The summed E-state index contributed by atoms with van der Waals surface area (Å²) < 4.78 is 11.2. The van der Waals surface area contributed by atoms with E-state index in [0.717, 1.165) is 4.47 Å². The van der Waals surface area contributed by atoms with Crippen molar-refractivity contribution in [3.05, 3.63) is 52.5 Å². The molecule has 0 saturated heterocycles. The maximum absolute atomic E-state index is 11.9. The molecule has 0 fully saturated rings. The molecule has 2 aromatic rings. The zero-order chi connectivity index (χ0) is 19.6. The predicted octanol–water partition coefficient (Wildman–Crippen LogP) is 3.34. The first-order valence-electron chi connectivity index (χ1n) is 8.11. The van der Waals surface area contributed by atoms with Gasteiger partial charge >= 0.3 is 0 Å². The van der Waals surface area contributed by atoms with Gasteiger partial charge in [0.05, 0.1) is 20.4 Å². The Labute approximate surface area is 165 Å². The predicted molar refractivity (Wildman–Crippen MR) is 107 cm³/mol. The van der Waals surface area contributed by atoms with Gasteiger partial charge in [0.15, 0.2) is 0 Å². The van der Waals surface area contributed by atoms with E-state index in [0.29, 0.717) is 22.7 Å². The largest absolute Gasteiger partial charge is 0.497 e. The van der Waals surface area contributed by atoms with Gasteiger partial charge in [-0.05, 0) is 36.4 Å². The molecule has 2 aromatic carbocycles. The fourth-order valence-electron chi connectivity index (χ4n) is 2.19. The summed E-state index contributed by atoms with van der Waals surface area (Å²) in [4.78, 5) is 23.8. The number of hydrogen-bond donors (Lipinski definition) is 2. The summed E-state index contributed by atoms with van der Waals surface area (Å²) in [5.41, 5.74) is 3.72. The first-order valence-corrected chi connectivity index (χ1v) is 8.90. The Morgan fingerprint density at radius 3 is 2.56 bits per heavy atom. The molecule has 142 valence electrons. The molecule has 0 aliphatic carbocycles. The molecule has 0 heterocycles. The van der Waals surface area contributed by atoms with Gasteiger partial charge in [0.2, 0.25) is 11.8 Å². The number of ether oxygens (including phenoxy) is 2. The van der Waals surface area contributed by atoms with Crippen LogP contribution in [0.3, 0.4) is 0 Å². The Kier molecular flexibility index (Phi) is 7.81. The molecule has 8 heteroatoms. The number of carbonyl (C=O) groups excluding carboxylic acids is 2. The zero-order valence-corrected chi connectivity index (χ0v) is 16.6. The first kappa shape index (κ1) is 20.4. The van der Waals surface area contributed by atoms with Crippen LogP contribution in [0.25, 0.3) is 0 Å². The molecule has 0 radical (unpaired) electrons. The van der Waals surface area contributed by atoms with Crippen molar-refractivity contribution in [3.63, 3.8) is 0 Å². The summed E-state index contributed by atoms with van der Waals surface area (Å²) in [5, 5.41) is 6.63. The Bertz CT molecular complexity index is 839. The SMILES string of the molecule is COc1ccc(OC)c(/C=N/NC(=O)CCC(=O)Nc2cccc(Br)c2)c1. The molecular weight excluding hydrogens is 414 g/mol. The highest BCUT2D eigenvalue weighted by molar-refractivity contribution is 9.10. The van der Waals surface area contributed by atoms with E-state index in [1.54, 1.807) is 44.6 Å². The van der Waals surface area contributed by atoms with Crippen LogP contribution in [0, 0.1) is 0 Å². The normalized spacial score (nSPS) is 10.5. The Hall–Kier alpha value is -2.87. The number of nitrogens with zero attached hydrogens (tertiary/aromatic N) is 1. The number of halogens is 1. The van der Waals surface area contributed by atoms with Crippen molar-refractivity contribution in [2.45, 2.75) is 12.8 Å². The molecule has 0 aliphatic heterocycles. The number of hydrazone groups is 1. The average molecular weight is 434 g/mol. The number of nitrogens with one attached hydrogen (secondary N) is 2. The van der Waals surface area contributed by atoms with Crippen LogP contribution in [-0.2, 0) is 9.59 Å². The smallest absolute Gasteiger partial charge is 0.240 e. The number of benzene rings is 2. The Morgan fingerprint density at radius 2 is 1.85 bits per heavy atom. The van der Waals surface area contributed by atoms with E-state index < -0.39 is 0 Å². The molecule has 7 nitrogen and oxygen atoms in total. The number of carbonyl (C=O) groups is 2. The van der Waals surface area contributed by atoms with Gasteiger partial charge in [-0.3, -0.25) is 9.59 Å². The number of amides is 2. The lowest BCUT2D eigenvalue weighted by Crippen LogP contribution is -2.20. The highest BCUT2D eigenvalue weighted by Crippen LogP contribution is 2.22. The zero-order valence-electron chi connectivity index (χ0n) is 15.0. The second-order valence-corrected chi connectivity index (χ2v) is 6.38. The van der Waals surface area contributed by atoms with Gasteiger partial charge in [0, 0.05) is 28.6 Å². The van der Waals surface area contributed by atoms with Crippen LogP contribution < -0.4 is 20.2 Å². The van der Waals surface area contributed by atoms with E-state index in [1.807, 2.05) is 12.1 Å². The molecule has 0 bridgehead atoms. The lowest BCUT2D eigenvalue weighted by molar-refractivity contribution is -0.124. The average Bonchev–Trinajstić information content (AvgIpc) is 2.66. The van der Waals surface area contributed by atoms with E-state index in [-0.39, 0.29) is 24.7 Å². The lowest BCUT2D eigenvalue weighted by Gasteiger charge is -2.07. The minimum absolute atomic E-state index is 0.0203. The second-order valence-electron chi connectivity index (χ2n) is 5.46. The minimum Gasteiger partial charge on any atom is -0.497 e. The quantitative estimate of drug-likeness (QED) is 0.493. The van der Waals surface area contributed by atoms with Crippen LogP contribution in [-0.4, -0.2) is 32.2 Å². The minimum atomic E-state index is -0.363. The molecule has 2 N–H and O–H groups in total. The van der Waals surface area contributed by atoms with Crippen LogP contribution >= 0.6 is 15.9 Å². The van der Waals surface area contributed by atoms with E-state index in [1.165, 1.54) is 6.21 Å². The summed E-state index contributed by atoms with van der Waals surface area (Å²) in [6, 6.07) is 12.5. The summed E-state index contributed by atoms with van der Waals surface area (Å²) in [7, 11) is 3.10. The van der Waals surface area contributed by atoms with Gasteiger partial charge in [-0.15, -0.1) is 0 Å². The van der Waals surface area contributed by atoms with Crippen LogP contribution in [0.5, 0.6) is 11.5 Å². The highest BCUT2D eigenvalue weighted by Gasteiger charge is 2.07. The molecule has 0 spiro atoms. The summed E-state index contributed by atoms with van der Waals surface area (Å²) in [5.74, 6) is 0.634. The Morgan fingerprint density at radius 1 is 1.07 bits per heavy atom. The number of rotatable bonds is 8. The maximum atomic E-state index is 11.9. The number of hydrogen-bond acceptors (Lipinski definition) is 5. The second kappa shape index (κ2) is 10.3. The highest BCUT2D eigenvalue weighted by atomic mass is 79.9. The lowest BCUT2D eigenvalue weighted by atomic mass is 10.2. The molecule has 0 aliphatic rings. The molecular formula is C19H20BrN3O4. The molecule has 2 amide bonds. The standard InChI is InChI=1S/C19H20BrN3O4/c1-26-16-6-7-17(27-2)13(10-16)12-21-23-19(25)9-8-18(24)22-15-5-3-4-14(20)11-15/h3-7,10-12H,8-9H2,1-2H3,(H,22,24)(H,23,25)/b21-12+. The maximum Gasteiger partial charge on any atom is 0.240 e. The van der Waals surface area contributed by atoms with Gasteiger partial charge in [-0.1, -0.05) is 22.0 Å². The topological polar surface area (TPSA) is 89.0 Å². The summed E-state index contributed by atoms with van der Waals surface area (Å²) in [6.45, 7) is 0. The molecule has 27 heavy (non-hydrogen) atoms. The van der Waals surface area contributed by atoms with Gasteiger partial charge in [-0.2, -0.15) is 5.10 Å². The van der Waals surface area contributed by atoms with Crippen LogP contribution in [0.15, 0.2) is 52.0 Å². The van der Waals surface area contributed by atoms with Crippen LogP contribution in [0.2, 0.25) is 0 Å². The first-order chi connectivity index (χ1) is 13.0. The third-order valence-corrected chi connectivity index (χ3v) is 4.01. The molecule has 2 rings (SSSR count). The van der Waals surface area contributed by atoms with Crippen molar-refractivity contribution in [1.29, 1.82) is 0 Å². The van der Waals surface area contributed by atoms with E-state index in [4.69, 9.17) is 9.47 Å².